The number of benzene rings is 1. The van der Waals surface area contributed by atoms with Crippen molar-refractivity contribution in [1.82, 2.24) is 25.5 Å². The molecule has 4 aromatic rings. The van der Waals surface area contributed by atoms with Crippen LogP contribution >= 0.6 is 0 Å². The first-order valence-corrected chi connectivity index (χ1v) is 10.3. The Bertz CT molecular complexity index is 1110. The maximum atomic E-state index is 5.56. The molecule has 0 saturated heterocycles. The number of hydrogen-bond donors (Lipinski definition) is 4. The van der Waals surface area contributed by atoms with Crippen LogP contribution in [0.4, 0.5) is 0 Å². The van der Waals surface area contributed by atoms with Crippen LogP contribution in [-0.4, -0.2) is 33.3 Å². The summed E-state index contributed by atoms with van der Waals surface area (Å²) in [6.07, 6.45) is 6.99. The lowest BCUT2D eigenvalue weighted by molar-refractivity contribution is 0.578. The minimum Gasteiger partial charge on any atom is -0.353 e. The number of nitrogens with zero attached hydrogens (tertiary/aromatic N) is 2. The van der Waals surface area contributed by atoms with Gasteiger partial charge in [0.2, 0.25) is 0 Å². The Morgan fingerprint density at radius 2 is 2.17 bits per heavy atom. The molecule has 0 aliphatic heterocycles. The summed E-state index contributed by atoms with van der Waals surface area (Å²) in [5.41, 5.74) is 14.0. The molecule has 0 spiro atoms. The Labute approximate surface area is 169 Å². The molecule has 6 nitrogen and oxygen atoms in total. The normalized spacial score (nSPS) is 16.2. The van der Waals surface area contributed by atoms with Crippen molar-refractivity contribution >= 4 is 10.9 Å². The number of hydrogen-bond acceptors (Lipinski definition) is 4. The van der Waals surface area contributed by atoms with Gasteiger partial charge in [-0.3, -0.25) is 10.1 Å². The zero-order chi connectivity index (χ0) is 19.6. The summed E-state index contributed by atoms with van der Waals surface area (Å²) in [7, 11) is 0. The molecule has 6 heteroatoms. The summed E-state index contributed by atoms with van der Waals surface area (Å²) in [4.78, 5) is 7.87. The van der Waals surface area contributed by atoms with E-state index in [1.807, 2.05) is 18.5 Å². The Kier molecular flexibility index (Phi) is 4.87. The molecule has 1 unspecified atom stereocenters. The molecule has 1 aliphatic rings. The minimum atomic E-state index is 0.497. The number of rotatable bonds is 6. The molecular weight excluding hydrogens is 360 g/mol. The van der Waals surface area contributed by atoms with Gasteiger partial charge in [0.1, 0.15) is 5.69 Å². The fraction of sp³-hybridized carbons (Fsp3) is 0.304. The topological polar surface area (TPSA) is 95.4 Å². The zero-order valence-corrected chi connectivity index (χ0v) is 16.4. The van der Waals surface area contributed by atoms with Crippen LogP contribution in [0, 0.1) is 0 Å². The molecule has 1 atom stereocenters. The first-order chi connectivity index (χ1) is 14.3. The molecule has 3 heterocycles. The first-order valence-electron chi connectivity index (χ1n) is 10.3. The van der Waals surface area contributed by atoms with E-state index in [0.29, 0.717) is 12.5 Å². The van der Waals surface area contributed by atoms with Crippen molar-refractivity contribution in [3.05, 3.63) is 71.2 Å². The molecular formula is C23H26N6. The van der Waals surface area contributed by atoms with Gasteiger partial charge < -0.3 is 16.0 Å². The van der Waals surface area contributed by atoms with E-state index in [1.54, 1.807) is 0 Å². The highest BCUT2D eigenvalue weighted by Crippen LogP contribution is 2.37. The van der Waals surface area contributed by atoms with Gasteiger partial charge in [-0.15, -0.1) is 0 Å². The molecule has 148 valence electrons. The lowest BCUT2D eigenvalue weighted by Crippen LogP contribution is -2.21. The largest absolute Gasteiger partial charge is 0.353 e. The second-order valence-corrected chi connectivity index (χ2v) is 7.83. The van der Waals surface area contributed by atoms with E-state index in [9.17, 15) is 0 Å². The Morgan fingerprint density at radius 3 is 3.03 bits per heavy atom. The van der Waals surface area contributed by atoms with Gasteiger partial charge in [0.05, 0.1) is 5.69 Å². The third-order valence-corrected chi connectivity index (χ3v) is 5.89. The van der Waals surface area contributed by atoms with Crippen LogP contribution < -0.4 is 11.1 Å². The molecule has 5 N–H and O–H groups in total. The van der Waals surface area contributed by atoms with Crippen LogP contribution in [0.1, 0.15) is 34.7 Å². The minimum absolute atomic E-state index is 0.497. The number of H-pyrrole nitrogens is 2. The van der Waals surface area contributed by atoms with E-state index in [2.05, 4.69) is 55.8 Å². The third kappa shape index (κ3) is 3.57. The first kappa shape index (κ1) is 18.1. The Morgan fingerprint density at radius 1 is 1.21 bits per heavy atom. The second-order valence-electron chi connectivity index (χ2n) is 7.83. The predicted molar refractivity (Wildman–Crippen MR) is 116 cm³/mol. The van der Waals surface area contributed by atoms with Crippen LogP contribution in [0.5, 0.6) is 0 Å². The van der Waals surface area contributed by atoms with Gasteiger partial charge >= 0.3 is 0 Å². The van der Waals surface area contributed by atoms with Crippen molar-refractivity contribution < 1.29 is 0 Å². The smallest absolute Gasteiger partial charge is 0.112 e. The fourth-order valence-electron chi connectivity index (χ4n) is 4.37. The van der Waals surface area contributed by atoms with E-state index in [1.165, 1.54) is 27.8 Å². The fourth-order valence-corrected chi connectivity index (χ4v) is 4.37. The predicted octanol–water partition coefficient (Wildman–Crippen LogP) is 3.27. The lowest BCUT2D eigenvalue weighted by atomic mass is 9.82. The van der Waals surface area contributed by atoms with Gasteiger partial charge in [-0.1, -0.05) is 12.1 Å². The summed E-state index contributed by atoms with van der Waals surface area (Å²) in [6.45, 7) is 2.31. The van der Waals surface area contributed by atoms with Gasteiger partial charge in [0.15, 0.2) is 0 Å². The van der Waals surface area contributed by atoms with Gasteiger partial charge in [-0.05, 0) is 60.6 Å². The highest BCUT2D eigenvalue weighted by atomic mass is 15.1. The van der Waals surface area contributed by atoms with E-state index < -0.39 is 0 Å². The van der Waals surface area contributed by atoms with Crippen molar-refractivity contribution in [2.45, 2.75) is 31.7 Å². The summed E-state index contributed by atoms with van der Waals surface area (Å²) in [6, 6.07) is 13.0. The molecule has 0 bridgehead atoms. The van der Waals surface area contributed by atoms with Crippen molar-refractivity contribution in [2.75, 3.05) is 13.1 Å². The molecule has 5 rings (SSSR count). The number of aryl methyl sites for hydroxylation is 1. The lowest BCUT2D eigenvalue weighted by Gasteiger charge is -2.22. The number of aromatic nitrogens is 4. The van der Waals surface area contributed by atoms with Crippen molar-refractivity contribution in [1.29, 1.82) is 0 Å². The number of pyridine rings is 1. The van der Waals surface area contributed by atoms with Crippen molar-refractivity contribution in [3.8, 4) is 11.4 Å². The maximum absolute atomic E-state index is 5.56. The summed E-state index contributed by atoms with van der Waals surface area (Å²) < 4.78 is 0. The monoisotopic (exact) mass is 386 g/mol. The summed E-state index contributed by atoms with van der Waals surface area (Å²) >= 11 is 0. The maximum Gasteiger partial charge on any atom is 0.112 e. The molecule has 0 amide bonds. The molecule has 1 aliphatic carbocycles. The van der Waals surface area contributed by atoms with Crippen LogP contribution in [0.25, 0.3) is 22.3 Å². The van der Waals surface area contributed by atoms with E-state index in [4.69, 9.17) is 5.73 Å². The van der Waals surface area contributed by atoms with Crippen LogP contribution in [-0.2, 0) is 19.4 Å². The molecule has 0 saturated carbocycles. The number of nitrogens with one attached hydrogen (secondary N) is 3. The molecule has 29 heavy (non-hydrogen) atoms. The second kappa shape index (κ2) is 7.81. The average molecular weight is 387 g/mol. The van der Waals surface area contributed by atoms with Gasteiger partial charge in [-0.25, -0.2) is 0 Å². The summed E-state index contributed by atoms with van der Waals surface area (Å²) in [5, 5.41) is 12.5. The quantitative estimate of drug-likeness (QED) is 0.383. The number of nitrogens with two attached hydrogens (primary N) is 1. The SMILES string of the molecule is NCCNCc1ccc2[nH]c(-c3n[nH]c4c3CC(c3cccnc3)CC4)cc2c1. The molecule has 0 fully saturated rings. The van der Waals surface area contributed by atoms with Crippen molar-refractivity contribution in [3.63, 3.8) is 0 Å². The molecule has 3 aromatic heterocycles. The summed E-state index contributed by atoms with van der Waals surface area (Å²) in [5.74, 6) is 0.497. The zero-order valence-electron chi connectivity index (χ0n) is 16.4. The molecule has 0 radical (unpaired) electrons. The van der Waals surface area contributed by atoms with Crippen LogP contribution in [0.3, 0.4) is 0 Å². The van der Waals surface area contributed by atoms with E-state index >= 15 is 0 Å². The highest BCUT2D eigenvalue weighted by Gasteiger charge is 2.26. The molecule has 1 aromatic carbocycles. The van der Waals surface area contributed by atoms with Crippen LogP contribution in [0.15, 0.2) is 48.8 Å². The van der Waals surface area contributed by atoms with E-state index in [0.717, 1.165) is 49.3 Å². The Hall–Kier alpha value is -2.96. The van der Waals surface area contributed by atoms with Gasteiger partial charge in [-0.2, -0.15) is 5.10 Å². The van der Waals surface area contributed by atoms with Gasteiger partial charge in [0.25, 0.3) is 0 Å². The average Bonchev–Trinajstić information content (AvgIpc) is 3.37. The highest BCUT2D eigenvalue weighted by molar-refractivity contribution is 5.86. The third-order valence-electron chi connectivity index (χ3n) is 5.89. The Balaban J connectivity index is 1.43. The van der Waals surface area contributed by atoms with Gasteiger partial charge in [0, 0.05) is 54.2 Å². The standard InChI is InChI=1S/C23H26N6/c24-7-9-26-13-15-3-5-20-18(10-15)12-22(27-20)23-19-11-16(4-6-21(19)28-29-23)17-2-1-8-25-14-17/h1-3,5,8,10,12,14,16,26-27H,4,6-7,9,11,13,24H2,(H,28,29). The van der Waals surface area contributed by atoms with Crippen molar-refractivity contribution in [2.24, 2.45) is 5.73 Å². The van der Waals surface area contributed by atoms with Crippen LogP contribution in [0.2, 0.25) is 0 Å². The van der Waals surface area contributed by atoms with E-state index in [-0.39, 0.29) is 0 Å². The number of fused-ring (bicyclic) bond motifs is 2. The number of aromatic amines is 2.